The van der Waals surface area contributed by atoms with E-state index in [1.807, 2.05) is 0 Å². The van der Waals surface area contributed by atoms with Crippen LogP contribution in [0, 0.1) is 0 Å². The molecule has 0 spiro atoms. The smallest absolute Gasteiger partial charge is 0.275 e. The molecule has 16 heavy (non-hydrogen) atoms. The molecule has 0 heterocycles. The minimum Gasteiger partial charge on any atom is -0.314 e. The van der Waals surface area contributed by atoms with Gasteiger partial charge in [0.15, 0.2) is 0 Å². The summed E-state index contributed by atoms with van der Waals surface area (Å²) < 4.78 is 39.6. The average molecular weight is 264 g/mol. The first-order valence-corrected chi connectivity index (χ1v) is 8.34. The molecule has 0 bridgehead atoms. The van der Waals surface area contributed by atoms with Crippen LogP contribution in [0.2, 0.25) is 0 Å². The van der Waals surface area contributed by atoms with Gasteiger partial charge in [-0.05, 0) is 25.5 Å². The molecule has 0 aliphatic rings. The van der Waals surface area contributed by atoms with Crippen molar-refractivity contribution >= 4 is 17.3 Å². The van der Waals surface area contributed by atoms with E-state index in [0.717, 1.165) is 0 Å². The fraction of sp³-hybridized carbons (Fsp3) is 0.400. The molecule has 0 aromatic carbocycles. The maximum Gasteiger partial charge on any atom is 0.275 e. The summed E-state index contributed by atoms with van der Waals surface area (Å²) in [4.78, 5) is 0. The van der Waals surface area contributed by atoms with Crippen LogP contribution in [-0.4, -0.2) is 20.5 Å². The Labute approximate surface area is 97.2 Å². The summed E-state index contributed by atoms with van der Waals surface area (Å²) in [6, 6.07) is 0. The zero-order valence-corrected chi connectivity index (χ0v) is 11.2. The summed E-state index contributed by atoms with van der Waals surface area (Å²) >= 11 is 0. The highest BCUT2D eigenvalue weighted by atomic mass is 32.2. The monoisotopic (exact) mass is 264 g/mol. The molecule has 0 aromatic heterocycles. The number of rotatable bonds is 7. The molecule has 0 N–H and O–H groups in total. The van der Waals surface area contributed by atoms with Gasteiger partial charge < -0.3 is 4.57 Å². The summed E-state index contributed by atoms with van der Waals surface area (Å²) in [7, 11) is -6.77. The van der Waals surface area contributed by atoms with E-state index in [1.165, 1.54) is 17.7 Å². The van der Waals surface area contributed by atoms with Gasteiger partial charge in [-0.2, -0.15) is 8.42 Å². The minimum atomic E-state index is -3.78. The predicted molar refractivity (Wildman–Crippen MR) is 67.2 cm³/mol. The Morgan fingerprint density at radius 2 is 1.75 bits per heavy atom. The maximum absolute atomic E-state index is 12.1. The van der Waals surface area contributed by atoms with Crippen molar-refractivity contribution in [1.29, 1.82) is 0 Å². The topological polar surface area (TPSA) is 60.4 Å². The zero-order chi connectivity index (χ0) is 12.7. The molecule has 0 radical (unpaired) electrons. The molecule has 0 aliphatic carbocycles. The van der Waals surface area contributed by atoms with Gasteiger partial charge in [-0.15, -0.1) is 6.58 Å². The molecule has 0 saturated carbocycles. The van der Waals surface area contributed by atoms with E-state index in [2.05, 4.69) is 10.8 Å². The molecule has 0 aliphatic heterocycles. The second-order valence-corrected chi connectivity index (χ2v) is 7.77. The first kappa shape index (κ1) is 15.4. The minimum absolute atomic E-state index is 0.103. The highest BCUT2D eigenvalue weighted by Gasteiger charge is 2.24. The van der Waals surface area contributed by atoms with Crippen molar-refractivity contribution in [2.45, 2.75) is 13.8 Å². The van der Waals surface area contributed by atoms with Crippen molar-refractivity contribution in [1.82, 2.24) is 0 Å². The third kappa shape index (κ3) is 6.05. The van der Waals surface area contributed by atoms with Crippen LogP contribution in [0.3, 0.4) is 0 Å². The average Bonchev–Trinajstić information content (AvgIpc) is 2.14. The Kier molecular flexibility index (Phi) is 6.56. The van der Waals surface area contributed by atoms with Crippen LogP contribution in [0.4, 0.5) is 0 Å². The number of allylic oxidation sites excluding steroid dienone is 2. The SMILES string of the molecule is C=CCOS(=O)(=O)CP(=O)(/C=C/C)/C=C/C. The molecule has 0 amide bonds. The van der Waals surface area contributed by atoms with Crippen molar-refractivity contribution in [3.63, 3.8) is 0 Å². The van der Waals surface area contributed by atoms with Crippen LogP contribution in [0.25, 0.3) is 0 Å². The molecular weight excluding hydrogens is 247 g/mol. The third-order valence-electron chi connectivity index (χ3n) is 1.53. The van der Waals surface area contributed by atoms with Crippen LogP contribution in [0.1, 0.15) is 13.8 Å². The predicted octanol–water partition coefficient (Wildman–Crippen LogP) is 2.91. The fourth-order valence-corrected chi connectivity index (χ4v) is 5.45. The summed E-state index contributed by atoms with van der Waals surface area (Å²) in [5.74, 6) is 2.81. The highest BCUT2D eigenvalue weighted by Crippen LogP contribution is 2.50. The van der Waals surface area contributed by atoms with Gasteiger partial charge in [-0.1, -0.05) is 18.2 Å². The van der Waals surface area contributed by atoms with Crippen molar-refractivity contribution < 1.29 is 17.2 Å². The zero-order valence-electron chi connectivity index (χ0n) is 9.50. The highest BCUT2D eigenvalue weighted by molar-refractivity contribution is 7.96. The van der Waals surface area contributed by atoms with E-state index in [1.54, 1.807) is 26.0 Å². The second-order valence-electron chi connectivity index (χ2n) is 3.08. The van der Waals surface area contributed by atoms with Crippen molar-refractivity contribution in [2.75, 3.05) is 12.1 Å². The van der Waals surface area contributed by atoms with Gasteiger partial charge in [-0.3, -0.25) is 4.18 Å². The first-order chi connectivity index (χ1) is 7.39. The van der Waals surface area contributed by atoms with Gasteiger partial charge in [0.05, 0.1) is 6.61 Å². The van der Waals surface area contributed by atoms with Crippen LogP contribution in [-0.2, 0) is 18.9 Å². The van der Waals surface area contributed by atoms with Crippen LogP contribution in [0.15, 0.2) is 36.4 Å². The lowest BCUT2D eigenvalue weighted by atomic mass is 10.7. The van der Waals surface area contributed by atoms with E-state index >= 15 is 0 Å². The number of hydrogen-bond donors (Lipinski definition) is 0. The van der Waals surface area contributed by atoms with E-state index in [0.29, 0.717) is 0 Å². The van der Waals surface area contributed by atoms with Crippen LogP contribution >= 0.6 is 7.14 Å². The molecule has 4 nitrogen and oxygen atoms in total. The van der Waals surface area contributed by atoms with E-state index in [-0.39, 0.29) is 6.61 Å². The molecular formula is C10H17O4PS. The van der Waals surface area contributed by atoms with Crippen molar-refractivity contribution in [3.05, 3.63) is 36.4 Å². The quantitative estimate of drug-likeness (QED) is 0.403. The Hall–Kier alpha value is -0.640. The van der Waals surface area contributed by atoms with Crippen LogP contribution < -0.4 is 0 Å². The van der Waals surface area contributed by atoms with E-state index in [9.17, 15) is 13.0 Å². The molecule has 0 unspecified atom stereocenters. The van der Waals surface area contributed by atoms with Gasteiger partial charge in [0.2, 0.25) is 0 Å². The normalized spacial score (nSPS) is 13.6. The van der Waals surface area contributed by atoms with Gasteiger partial charge in [0, 0.05) is 0 Å². The second kappa shape index (κ2) is 6.84. The number of hydrogen-bond acceptors (Lipinski definition) is 4. The summed E-state index contributed by atoms with van der Waals surface area (Å²) in [6.07, 6.45) is 4.47. The Morgan fingerprint density at radius 3 is 2.12 bits per heavy atom. The standard InChI is InChI=1S/C10H17O4PS/c1-4-7-14-16(12,13)10-15(11,8-5-2)9-6-3/h4-6,8-9H,1,7,10H2,2-3H3/b8-5+,9-6+. The molecule has 0 rings (SSSR count). The molecule has 0 atom stereocenters. The van der Waals surface area contributed by atoms with Crippen molar-refractivity contribution in [3.8, 4) is 0 Å². The molecule has 0 aromatic rings. The van der Waals surface area contributed by atoms with Gasteiger partial charge >= 0.3 is 0 Å². The molecule has 0 fully saturated rings. The Balaban J connectivity index is 4.90. The fourth-order valence-electron chi connectivity index (χ4n) is 1.08. The van der Waals surface area contributed by atoms with Crippen LogP contribution in [0.5, 0.6) is 0 Å². The lowest BCUT2D eigenvalue weighted by Gasteiger charge is -2.09. The molecule has 92 valence electrons. The Morgan fingerprint density at radius 1 is 1.25 bits per heavy atom. The summed E-state index contributed by atoms with van der Waals surface area (Å²) in [6.45, 7) is 6.62. The van der Waals surface area contributed by atoms with E-state index < -0.39 is 22.8 Å². The van der Waals surface area contributed by atoms with E-state index in [4.69, 9.17) is 0 Å². The maximum atomic E-state index is 12.1. The summed E-state index contributed by atoms with van der Waals surface area (Å²) in [5.41, 5.74) is -0.511. The van der Waals surface area contributed by atoms with Crippen molar-refractivity contribution in [2.24, 2.45) is 0 Å². The largest absolute Gasteiger partial charge is 0.314 e. The van der Waals surface area contributed by atoms with Gasteiger partial charge in [0.25, 0.3) is 10.1 Å². The molecule has 0 saturated heterocycles. The third-order valence-corrected chi connectivity index (χ3v) is 6.51. The van der Waals surface area contributed by atoms with Gasteiger partial charge in [0.1, 0.15) is 12.6 Å². The first-order valence-electron chi connectivity index (χ1n) is 4.73. The molecule has 6 heteroatoms. The van der Waals surface area contributed by atoms with Gasteiger partial charge in [-0.25, -0.2) is 0 Å². The lowest BCUT2D eigenvalue weighted by Crippen LogP contribution is -2.10. The summed E-state index contributed by atoms with van der Waals surface area (Å²) in [5, 5.41) is 0. The lowest BCUT2D eigenvalue weighted by molar-refractivity contribution is 0.360. The Bertz CT molecular complexity index is 404.